The molecule has 182 valence electrons. The van der Waals surface area contributed by atoms with Gasteiger partial charge in [0.15, 0.2) is 6.10 Å². The quantitative estimate of drug-likeness (QED) is 0.337. The predicted octanol–water partition coefficient (Wildman–Crippen LogP) is 5.98. The summed E-state index contributed by atoms with van der Waals surface area (Å²) in [4.78, 5) is 39.5. The first kappa shape index (κ1) is 25.7. The van der Waals surface area contributed by atoms with Crippen molar-refractivity contribution in [1.29, 1.82) is 0 Å². The Morgan fingerprint density at radius 2 is 1.29 bits per heavy atom. The molecule has 0 aromatic heterocycles. The van der Waals surface area contributed by atoms with Gasteiger partial charge in [0, 0.05) is 5.56 Å². The van der Waals surface area contributed by atoms with E-state index in [0.717, 1.165) is 11.1 Å². The largest absolute Gasteiger partial charge is 0.448 e. The van der Waals surface area contributed by atoms with Gasteiger partial charge in [0.2, 0.25) is 5.78 Å². The fourth-order valence-electron chi connectivity index (χ4n) is 3.45. The lowest BCUT2D eigenvalue weighted by atomic mass is 9.94. The first-order chi connectivity index (χ1) is 16.5. The standard InChI is InChI=1S/C29H31NO5/c1-19-11-15-21(16-12-19)24(30-28(33)35-29(3,4)5)26(25(31)22-9-7-6-8-10-22)34-27(32)23-17-13-20(2)14-18-23/h6-18,24,26H,1-5H3,(H,30,33)/t24-,26-/m1/s1. The maximum atomic E-state index is 13.6. The van der Waals surface area contributed by atoms with Crippen LogP contribution in [0, 0.1) is 13.8 Å². The number of hydrogen-bond donors (Lipinski definition) is 1. The summed E-state index contributed by atoms with van der Waals surface area (Å²) in [6, 6.07) is 21.8. The van der Waals surface area contributed by atoms with Gasteiger partial charge >= 0.3 is 12.1 Å². The summed E-state index contributed by atoms with van der Waals surface area (Å²) >= 11 is 0. The van der Waals surface area contributed by atoms with Crippen LogP contribution < -0.4 is 5.32 Å². The number of carbonyl (C=O) groups is 3. The number of aryl methyl sites for hydroxylation is 2. The highest BCUT2D eigenvalue weighted by Gasteiger charge is 2.36. The number of Topliss-reactive ketones (excluding diaryl/α,β-unsaturated/α-hetero) is 1. The van der Waals surface area contributed by atoms with Gasteiger partial charge in [-0.2, -0.15) is 0 Å². The molecule has 0 aliphatic carbocycles. The Kier molecular flexibility index (Phi) is 8.07. The van der Waals surface area contributed by atoms with Crippen LogP contribution in [0.3, 0.4) is 0 Å². The van der Waals surface area contributed by atoms with Crippen LogP contribution in [0.25, 0.3) is 0 Å². The molecule has 0 fully saturated rings. The molecule has 35 heavy (non-hydrogen) atoms. The van der Waals surface area contributed by atoms with Crippen molar-refractivity contribution in [3.05, 3.63) is 107 Å². The predicted molar refractivity (Wildman–Crippen MR) is 134 cm³/mol. The number of hydrogen-bond acceptors (Lipinski definition) is 5. The smallest absolute Gasteiger partial charge is 0.408 e. The molecule has 1 N–H and O–H groups in total. The van der Waals surface area contributed by atoms with E-state index in [2.05, 4.69) is 5.32 Å². The molecule has 0 aliphatic heterocycles. The zero-order valence-corrected chi connectivity index (χ0v) is 20.7. The van der Waals surface area contributed by atoms with Crippen LogP contribution in [0.15, 0.2) is 78.9 Å². The van der Waals surface area contributed by atoms with E-state index in [1.807, 2.05) is 26.0 Å². The minimum Gasteiger partial charge on any atom is -0.448 e. The van der Waals surface area contributed by atoms with Crippen LogP contribution in [0.4, 0.5) is 4.79 Å². The van der Waals surface area contributed by atoms with Crippen molar-refractivity contribution in [3.63, 3.8) is 0 Å². The van der Waals surface area contributed by atoms with Crippen molar-refractivity contribution in [2.75, 3.05) is 0 Å². The first-order valence-corrected chi connectivity index (χ1v) is 11.5. The van der Waals surface area contributed by atoms with Crippen LogP contribution in [-0.2, 0) is 9.47 Å². The molecule has 0 aliphatic rings. The number of esters is 1. The summed E-state index contributed by atoms with van der Waals surface area (Å²) in [5.41, 5.74) is 2.51. The van der Waals surface area contributed by atoms with Crippen LogP contribution >= 0.6 is 0 Å². The molecule has 3 aromatic carbocycles. The third-order valence-corrected chi connectivity index (χ3v) is 5.25. The number of amides is 1. The molecule has 6 nitrogen and oxygen atoms in total. The van der Waals surface area contributed by atoms with E-state index in [4.69, 9.17) is 9.47 Å². The SMILES string of the molecule is Cc1ccc(C(=O)O[C@@H](C(=O)c2ccccc2)[C@H](NC(=O)OC(C)(C)C)c2ccc(C)cc2)cc1. The highest BCUT2D eigenvalue weighted by Crippen LogP contribution is 2.25. The van der Waals surface area contributed by atoms with Crippen LogP contribution in [-0.4, -0.2) is 29.6 Å². The molecule has 6 heteroatoms. The Bertz CT molecular complexity index is 1160. The fraction of sp³-hybridized carbons (Fsp3) is 0.276. The second-order valence-electron chi connectivity index (χ2n) is 9.46. The molecule has 1 amide bonds. The molecule has 3 rings (SSSR count). The maximum Gasteiger partial charge on any atom is 0.408 e. The normalized spacial score (nSPS) is 12.8. The van der Waals surface area contributed by atoms with Gasteiger partial charge < -0.3 is 14.8 Å². The lowest BCUT2D eigenvalue weighted by molar-refractivity contribution is 0.0149. The number of carbonyl (C=O) groups excluding carboxylic acids is 3. The summed E-state index contributed by atoms with van der Waals surface area (Å²) in [7, 11) is 0. The molecule has 0 unspecified atom stereocenters. The van der Waals surface area contributed by atoms with Gasteiger partial charge in [-0.1, -0.05) is 77.9 Å². The van der Waals surface area contributed by atoms with Gasteiger partial charge in [-0.25, -0.2) is 9.59 Å². The molecule has 0 spiro atoms. The minimum atomic E-state index is -1.33. The zero-order chi connectivity index (χ0) is 25.6. The lowest BCUT2D eigenvalue weighted by Gasteiger charge is -2.29. The average molecular weight is 474 g/mol. The van der Waals surface area contributed by atoms with E-state index in [0.29, 0.717) is 16.7 Å². The van der Waals surface area contributed by atoms with Gasteiger partial charge in [-0.05, 0) is 52.3 Å². The monoisotopic (exact) mass is 473 g/mol. The summed E-state index contributed by atoms with van der Waals surface area (Å²) in [5, 5.41) is 2.77. The topological polar surface area (TPSA) is 81.7 Å². The minimum absolute atomic E-state index is 0.307. The molecule has 0 saturated carbocycles. The number of nitrogens with one attached hydrogen (secondary N) is 1. The summed E-state index contributed by atoms with van der Waals surface area (Å²) in [5.74, 6) is -1.10. The average Bonchev–Trinajstić information content (AvgIpc) is 2.81. The summed E-state index contributed by atoms with van der Waals surface area (Å²) in [6.45, 7) is 9.09. The Balaban J connectivity index is 2.03. The van der Waals surface area contributed by atoms with Gasteiger partial charge in [-0.3, -0.25) is 4.79 Å². The third kappa shape index (κ3) is 7.27. The first-order valence-electron chi connectivity index (χ1n) is 11.5. The van der Waals surface area contributed by atoms with E-state index >= 15 is 0 Å². The molecule has 0 heterocycles. The fourth-order valence-corrected chi connectivity index (χ4v) is 3.45. The van der Waals surface area contributed by atoms with E-state index in [9.17, 15) is 14.4 Å². The number of alkyl carbamates (subject to hydrolysis) is 1. The number of ketones is 1. The van der Waals surface area contributed by atoms with Gasteiger partial charge in [0.25, 0.3) is 0 Å². The summed E-state index contributed by atoms with van der Waals surface area (Å²) < 4.78 is 11.3. The Labute approximate surface area is 206 Å². The number of benzene rings is 3. The number of rotatable bonds is 7. The van der Waals surface area contributed by atoms with Crippen LogP contribution in [0.2, 0.25) is 0 Å². The van der Waals surface area contributed by atoms with E-state index in [1.165, 1.54) is 0 Å². The van der Waals surface area contributed by atoms with E-state index < -0.39 is 35.6 Å². The maximum absolute atomic E-state index is 13.6. The summed E-state index contributed by atoms with van der Waals surface area (Å²) in [6.07, 6.45) is -2.05. The van der Waals surface area contributed by atoms with Crippen molar-refractivity contribution in [2.45, 2.75) is 52.4 Å². The highest BCUT2D eigenvalue weighted by molar-refractivity contribution is 6.02. The van der Waals surface area contributed by atoms with Crippen molar-refractivity contribution < 1.29 is 23.9 Å². The zero-order valence-electron chi connectivity index (χ0n) is 20.7. The Morgan fingerprint density at radius 1 is 0.743 bits per heavy atom. The molecule has 0 bridgehead atoms. The molecule has 0 radical (unpaired) electrons. The van der Waals surface area contributed by atoms with Crippen molar-refractivity contribution in [2.24, 2.45) is 0 Å². The third-order valence-electron chi connectivity index (χ3n) is 5.25. The van der Waals surface area contributed by atoms with Crippen molar-refractivity contribution in [1.82, 2.24) is 5.32 Å². The van der Waals surface area contributed by atoms with Crippen molar-refractivity contribution in [3.8, 4) is 0 Å². The Morgan fingerprint density at radius 3 is 1.83 bits per heavy atom. The van der Waals surface area contributed by atoms with E-state index in [1.54, 1.807) is 87.5 Å². The second kappa shape index (κ2) is 11.0. The van der Waals surface area contributed by atoms with Gasteiger partial charge in [0.05, 0.1) is 5.56 Å². The molecule has 0 saturated heterocycles. The molecule has 3 aromatic rings. The van der Waals surface area contributed by atoms with Crippen molar-refractivity contribution >= 4 is 17.8 Å². The lowest BCUT2D eigenvalue weighted by Crippen LogP contribution is -2.44. The molecular weight excluding hydrogens is 442 g/mol. The van der Waals surface area contributed by atoms with Gasteiger partial charge in [0.1, 0.15) is 11.6 Å². The Hall–Kier alpha value is -3.93. The number of ether oxygens (including phenoxy) is 2. The van der Waals surface area contributed by atoms with Crippen LogP contribution in [0.1, 0.15) is 64.2 Å². The molecular formula is C29H31NO5. The molecule has 2 atom stereocenters. The van der Waals surface area contributed by atoms with E-state index in [-0.39, 0.29) is 0 Å². The second-order valence-corrected chi connectivity index (χ2v) is 9.46. The van der Waals surface area contributed by atoms with Gasteiger partial charge in [-0.15, -0.1) is 0 Å². The van der Waals surface area contributed by atoms with Crippen LogP contribution in [0.5, 0.6) is 0 Å². The highest BCUT2D eigenvalue weighted by atomic mass is 16.6.